The lowest BCUT2D eigenvalue weighted by molar-refractivity contribution is 0.0995. The maximum Gasteiger partial charge on any atom is 0.179 e. The molecule has 0 aliphatic rings. The minimum Gasteiger partial charge on any atom is -0.397 e. The van der Waals surface area contributed by atoms with Crippen LogP contribution in [0.1, 0.15) is 32.5 Å². The number of hydrogen-bond donors (Lipinski definition) is 1. The standard InChI is InChI=1S/C21H16N2O2S2/c1-12(24)14-6-4-13(5-7-14)11-17(25)20-19(22)15-8-9-16(23-21(15)27-20)18-3-2-10-26-18/h2-10H,11,22H2,1H3. The lowest BCUT2D eigenvalue weighted by Gasteiger charge is -2.02. The Morgan fingerprint density at radius 1 is 1.07 bits per heavy atom. The largest absolute Gasteiger partial charge is 0.397 e. The lowest BCUT2D eigenvalue weighted by Crippen LogP contribution is -2.04. The molecule has 0 spiro atoms. The summed E-state index contributed by atoms with van der Waals surface area (Å²) in [5.74, 6) is -0.0296. The van der Waals surface area contributed by atoms with Gasteiger partial charge >= 0.3 is 0 Å². The van der Waals surface area contributed by atoms with Crippen LogP contribution in [0, 0.1) is 0 Å². The van der Waals surface area contributed by atoms with Crippen molar-refractivity contribution in [3.05, 3.63) is 69.9 Å². The predicted octanol–water partition coefficient (Wildman–Crippen LogP) is 5.24. The molecule has 0 unspecified atom stereocenters. The molecule has 0 saturated carbocycles. The summed E-state index contributed by atoms with van der Waals surface area (Å²) in [6.45, 7) is 1.52. The van der Waals surface area contributed by atoms with E-state index < -0.39 is 0 Å². The monoisotopic (exact) mass is 392 g/mol. The summed E-state index contributed by atoms with van der Waals surface area (Å²) < 4.78 is 0. The second-order valence-electron chi connectivity index (χ2n) is 6.22. The summed E-state index contributed by atoms with van der Waals surface area (Å²) in [4.78, 5) is 31.2. The summed E-state index contributed by atoms with van der Waals surface area (Å²) in [7, 11) is 0. The number of aromatic nitrogens is 1. The molecule has 0 aliphatic heterocycles. The van der Waals surface area contributed by atoms with E-state index >= 15 is 0 Å². The zero-order valence-corrected chi connectivity index (χ0v) is 16.2. The second kappa shape index (κ2) is 7.06. The number of nitrogens with two attached hydrogens (primary N) is 1. The Morgan fingerprint density at radius 3 is 2.52 bits per heavy atom. The summed E-state index contributed by atoms with van der Waals surface area (Å²) in [5.41, 5.74) is 9.10. The van der Waals surface area contributed by atoms with Crippen LogP contribution in [0.15, 0.2) is 53.9 Å². The van der Waals surface area contributed by atoms with Gasteiger partial charge in [-0.3, -0.25) is 9.59 Å². The van der Waals surface area contributed by atoms with Crippen LogP contribution >= 0.6 is 22.7 Å². The lowest BCUT2D eigenvalue weighted by atomic mass is 10.0. The highest BCUT2D eigenvalue weighted by Crippen LogP contribution is 2.35. The third kappa shape index (κ3) is 3.41. The topological polar surface area (TPSA) is 73.0 Å². The number of pyridine rings is 1. The van der Waals surface area contributed by atoms with E-state index in [2.05, 4.69) is 4.98 Å². The van der Waals surface area contributed by atoms with Crippen LogP contribution in [0.3, 0.4) is 0 Å². The highest BCUT2D eigenvalue weighted by molar-refractivity contribution is 7.21. The zero-order chi connectivity index (χ0) is 19.0. The molecule has 0 bridgehead atoms. The Bertz CT molecular complexity index is 1140. The van der Waals surface area contributed by atoms with Gasteiger partial charge in [-0.25, -0.2) is 4.98 Å². The normalized spacial score (nSPS) is 11.0. The van der Waals surface area contributed by atoms with Crippen molar-refractivity contribution < 1.29 is 9.59 Å². The molecule has 2 N–H and O–H groups in total. The Hall–Kier alpha value is -2.83. The quantitative estimate of drug-likeness (QED) is 0.472. The van der Waals surface area contributed by atoms with Crippen LogP contribution in [-0.2, 0) is 6.42 Å². The molecule has 6 heteroatoms. The molecule has 3 aromatic heterocycles. The minimum atomic E-state index is -0.0382. The number of ketones is 2. The van der Waals surface area contributed by atoms with Gasteiger partial charge in [-0.05, 0) is 36.1 Å². The number of benzene rings is 1. The number of nitrogens with zero attached hydrogens (tertiary/aromatic N) is 1. The number of nitrogen functional groups attached to an aromatic ring is 1. The van der Waals surface area contributed by atoms with E-state index in [1.165, 1.54) is 18.3 Å². The van der Waals surface area contributed by atoms with Gasteiger partial charge in [0.2, 0.25) is 0 Å². The van der Waals surface area contributed by atoms with Gasteiger partial charge in [-0.2, -0.15) is 0 Å². The van der Waals surface area contributed by atoms with Crippen LogP contribution in [0.25, 0.3) is 20.8 Å². The number of thiophene rings is 2. The van der Waals surface area contributed by atoms with Crippen LogP contribution in [0.5, 0.6) is 0 Å². The molecule has 0 fully saturated rings. The molecule has 0 atom stereocenters. The first kappa shape index (κ1) is 17.6. The third-order valence-corrected chi connectivity index (χ3v) is 6.39. The van der Waals surface area contributed by atoms with Crippen molar-refractivity contribution in [2.45, 2.75) is 13.3 Å². The van der Waals surface area contributed by atoms with Gasteiger partial charge in [0, 0.05) is 17.4 Å². The number of fused-ring (bicyclic) bond motifs is 1. The van der Waals surface area contributed by atoms with E-state index in [-0.39, 0.29) is 18.0 Å². The summed E-state index contributed by atoms with van der Waals surface area (Å²) in [5, 5.41) is 2.83. The van der Waals surface area contributed by atoms with E-state index in [0.717, 1.165) is 26.4 Å². The summed E-state index contributed by atoms with van der Waals surface area (Å²) in [6, 6.07) is 15.0. The summed E-state index contributed by atoms with van der Waals surface area (Å²) in [6.07, 6.45) is 0.243. The van der Waals surface area contributed by atoms with Gasteiger partial charge in [0.05, 0.1) is 21.1 Å². The highest BCUT2D eigenvalue weighted by atomic mass is 32.1. The fourth-order valence-electron chi connectivity index (χ4n) is 2.89. The van der Waals surface area contributed by atoms with E-state index in [1.54, 1.807) is 23.5 Å². The van der Waals surface area contributed by atoms with Crippen LogP contribution in [-0.4, -0.2) is 16.6 Å². The van der Waals surface area contributed by atoms with E-state index in [4.69, 9.17) is 5.73 Å². The zero-order valence-electron chi connectivity index (χ0n) is 14.6. The van der Waals surface area contributed by atoms with Crippen LogP contribution in [0.2, 0.25) is 0 Å². The van der Waals surface area contributed by atoms with Crippen molar-refractivity contribution in [2.24, 2.45) is 0 Å². The molecule has 27 heavy (non-hydrogen) atoms. The smallest absolute Gasteiger partial charge is 0.179 e. The molecule has 4 rings (SSSR count). The Morgan fingerprint density at radius 2 is 1.85 bits per heavy atom. The molecule has 3 heterocycles. The fraction of sp³-hybridized carbons (Fsp3) is 0.0952. The number of rotatable bonds is 5. The van der Waals surface area contributed by atoms with Crippen molar-refractivity contribution in [1.82, 2.24) is 4.98 Å². The van der Waals surface area contributed by atoms with Gasteiger partial charge in [0.25, 0.3) is 0 Å². The average Bonchev–Trinajstić information content (AvgIpc) is 3.30. The number of carbonyl (C=O) groups is 2. The van der Waals surface area contributed by atoms with E-state index in [9.17, 15) is 9.59 Å². The Balaban J connectivity index is 1.63. The van der Waals surface area contributed by atoms with E-state index in [0.29, 0.717) is 16.1 Å². The molecule has 134 valence electrons. The molecule has 0 aliphatic carbocycles. The van der Waals surface area contributed by atoms with Crippen molar-refractivity contribution in [3.63, 3.8) is 0 Å². The van der Waals surface area contributed by atoms with Crippen molar-refractivity contribution >= 4 is 50.1 Å². The average molecular weight is 393 g/mol. The Kier molecular flexibility index (Phi) is 4.59. The highest BCUT2D eigenvalue weighted by Gasteiger charge is 2.18. The molecule has 0 saturated heterocycles. The maximum absolute atomic E-state index is 12.8. The molecular formula is C21H16N2O2S2. The third-order valence-electron chi connectivity index (χ3n) is 4.35. The molecule has 4 nitrogen and oxygen atoms in total. The van der Waals surface area contributed by atoms with Crippen LogP contribution < -0.4 is 5.73 Å². The number of carbonyl (C=O) groups excluding carboxylic acids is 2. The molecule has 4 aromatic rings. The van der Waals surface area contributed by atoms with Crippen molar-refractivity contribution in [1.29, 1.82) is 0 Å². The molecular weight excluding hydrogens is 376 g/mol. The van der Waals surface area contributed by atoms with Gasteiger partial charge in [0.15, 0.2) is 11.6 Å². The van der Waals surface area contributed by atoms with Gasteiger partial charge < -0.3 is 5.73 Å². The number of Topliss-reactive ketones (excluding diaryl/α,β-unsaturated/α-hetero) is 2. The predicted molar refractivity (Wildman–Crippen MR) is 112 cm³/mol. The van der Waals surface area contributed by atoms with Crippen molar-refractivity contribution in [3.8, 4) is 10.6 Å². The van der Waals surface area contributed by atoms with Crippen LogP contribution in [0.4, 0.5) is 5.69 Å². The first-order chi connectivity index (χ1) is 13.0. The SMILES string of the molecule is CC(=O)c1ccc(CC(=O)c2sc3nc(-c4cccs4)ccc3c2N)cc1. The fourth-order valence-corrected chi connectivity index (χ4v) is 4.62. The Labute approximate surface area is 164 Å². The van der Waals surface area contributed by atoms with Gasteiger partial charge in [-0.15, -0.1) is 22.7 Å². The second-order valence-corrected chi connectivity index (χ2v) is 8.17. The van der Waals surface area contributed by atoms with Gasteiger partial charge in [-0.1, -0.05) is 30.3 Å². The van der Waals surface area contributed by atoms with Gasteiger partial charge in [0.1, 0.15) is 4.83 Å². The first-order valence-electron chi connectivity index (χ1n) is 8.39. The molecule has 0 amide bonds. The number of anilines is 1. The maximum atomic E-state index is 12.8. The first-order valence-corrected chi connectivity index (χ1v) is 10.1. The summed E-state index contributed by atoms with van der Waals surface area (Å²) >= 11 is 2.96. The molecule has 0 radical (unpaired) electrons. The minimum absolute atomic E-state index is 0.00856. The van der Waals surface area contributed by atoms with Crippen molar-refractivity contribution in [2.75, 3.05) is 5.73 Å². The van der Waals surface area contributed by atoms with E-state index in [1.807, 2.05) is 41.8 Å². The molecule has 1 aromatic carbocycles. The number of hydrogen-bond acceptors (Lipinski definition) is 6.